The van der Waals surface area contributed by atoms with E-state index in [4.69, 9.17) is 0 Å². The lowest BCUT2D eigenvalue weighted by molar-refractivity contribution is -0.156. The number of ketones is 1. The molecule has 106 valence electrons. The van der Waals surface area contributed by atoms with E-state index >= 15 is 0 Å². The first-order chi connectivity index (χ1) is 9.13. The first-order valence-electron chi connectivity index (χ1n) is 7.24. The number of amides is 2. The van der Waals surface area contributed by atoms with Crippen LogP contribution in [0.2, 0.25) is 0 Å². The second-order valence-corrected chi connectivity index (χ2v) is 5.43. The van der Waals surface area contributed by atoms with Gasteiger partial charge < -0.3 is 9.80 Å². The van der Waals surface area contributed by atoms with E-state index in [-0.39, 0.29) is 11.8 Å². The van der Waals surface area contributed by atoms with Gasteiger partial charge in [0.2, 0.25) is 0 Å². The van der Waals surface area contributed by atoms with Crippen molar-refractivity contribution < 1.29 is 14.4 Å². The van der Waals surface area contributed by atoms with Crippen molar-refractivity contribution in [2.75, 3.05) is 26.2 Å². The average Bonchev–Trinajstić information content (AvgIpc) is 2.80. The normalized spacial score (nSPS) is 24.5. The molecule has 0 aromatic heterocycles. The fourth-order valence-corrected chi connectivity index (χ4v) is 2.92. The molecule has 0 radical (unpaired) electrons. The Kier molecular flexibility index (Phi) is 4.56. The monoisotopic (exact) mass is 266 g/mol. The molecule has 5 nitrogen and oxygen atoms in total. The maximum Gasteiger partial charge on any atom is 0.312 e. The van der Waals surface area contributed by atoms with Crippen molar-refractivity contribution in [1.82, 2.24) is 9.80 Å². The summed E-state index contributed by atoms with van der Waals surface area (Å²) in [4.78, 5) is 38.6. The van der Waals surface area contributed by atoms with E-state index < -0.39 is 5.91 Å². The maximum atomic E-state index is 11.9. The van der Waals surface area contributed by atoms with Gasteiger partial charge in [-0.05, 0) is 25.7 Å². The van der Waals surface area contributed by atoms with Gasteiger partial charge in [0, 0.05) is 38.5 Å². The molecule has 0 spiro atoms. The highest BCUT2D eigenvalue weighted by molar-refractivity contribution is 6.35. The van der Waals surface area contributed by atoms with Gasteiger partial charge in [0.25, 0.3) is 0 Å². The van der Waals surface area contributed by atoms with Crippen LogP contribution in [-0.4, -0.2) is 53.6 Å². The Bertz CT molecular complexity index is 381. The smallest absolute Gasteiger partial charge is 0.312 e. The van der Waals surface area contributed by atoms with E-state index in [2.05, 4.69) is 0 Å². The molecule has 19 heavy (non-hydrogen) atoms. The van der Waals surface area contributed by atoms with Crippen LogP contribution in [-0.2, 0) is 14.4 Å². The third kappa shape index (κ3) is 3.14. The Morgan fingerprint density at radius 2 is 1.68 bits per heavy atom. The molecule has 0 aromatic rings. The van der Waals surface area contributed by atoms with Crippen LogP contribution >= 0.6 is 0 Å². The molecule has 1 aliphatic carbocycles. The zero-order valence-electron chi connectivity index (χ0n) is 11.6. The van der Waals surface area contributed by atoms with E-state index in [0.29, 0.717) is 44.8 Å². The molecular formula is C14H22N2O3. The lowest BCUT2D eigenvalue weighted by Gasteiger charge is -2.34. The SMILES string of the molecule is CCCN1CCN(CCC2CCCC2=O)C(=O)C1=O. The van der Waals surface area contributed by atoms with Crippen LogP contribution in [0, 0.1) is 5.92 Å². The summed E-state index contributed by atoms with van der Waals surface area (Å²) in [6.07, 6.45) is 4.18. The molecule has 2 rings (SSSR count). The Morgan fingerprint density at radius 1 is 1.05 bits per heavy atom. The summed E-state index contributed by atoms with van der Waals surface area (Å²) < 4.78 is 0. The molecule has 0 bridgehead atoms. The summed E-state index contributed by atoms with van der Waals surface area (Å²) >= 11 is 0. The van der Waals surface area contributed by atoms with E-state index in [1.807, 2.05) is 6.92 Å². The van der Waals surface area contributed by atoms with Crippen LogP contribution < -0.4 is 0 Å². The van der Waals surface area contributed by atoms with Crippen molar-refractivity contribution in [1.29, 1.82) is 0 Å². The highest BCUT2D eigenvalue weighted by Gasteiger charge is 2.33. The number of rotatable bonds is 5. The minimum absolute atomic E-state index is 0.108. The van der Waals surface area contributed by atoms with Crippen LogP contribution in [0.5, 0.6) is 0 Å². The highest BCUT2D eigenvalue weighted by Crippen LogP contribution is 2.24. The van der Waals surface area contributed by atoms with Gasteiger partial charge in [-0.15, -0.1) is 0 Å². The predicted octanol–water partition coefficient (Wildman–Crippen LogP) is 0.827. The number of carbonyl (C=O) groups is 3. The molecule has 1 aliphatic heterocycles. The minimum Gasteiger partial charge on any atom is -0.333 e. The van der Waals surface area contributed by atoms with Crippen molar-refractivity contribution >= 4 is 17.6 Å². The summed E-state index contributed by atoms with van der Waals surface area (Å²) in [6, 6.07) is 0. The second kappa shape index (κ2) is 6.17. The molecule has 1 saturated heterocycles. The van der Waals surface area contributed by atoms with Gasteiger partial charge in [-0.25, -0.2) is 0 Å². The molecule has 2 fully saturated rings. The zero-order valence-corrected chi connectivity index (χ0v) is 11.6. The lowest BCUT2D eigenvalue weighted by Crippen LogP contribution is -2.54. The summed E-state index contributed by atoms with van der Waals surface area (Å²) in [7, 11) is 0. The topological polar surface area (TPSA) is 57.7 Å². The fraction of sp³-hybridized carbons (Fsp3) is 0.786. The molecule has 1 saturated carbocycles. The van der Waals surface area contributed by atoms with Crippen LogP contribution in [0.3, 0.4) is 0 Å². The highest BCUT2D eigenvalue weighted by atomic mass is 16.2. The summed E-state index contributed by atoms with van der Waals surface area (Å²) in [5.41, 5.74) is 0. The second-order valence-electron chi connectivity index (χ2n) is 5.43. The molecule has 1 heterocycles. The van der Waals surface area contributed by atoms with Crippen molar-refractivity contribution in [3.05, 3.63) is 0 Å². The number of nitrogens with zero attached hydrogens (tertiary/aromatic N) is 2. The zero-order chi connectivity index (χ0) is 13.8. The van der Waals surface area contributed by atoms with Gasteiger partial charge in [0.15, 0.2) is 0 Å². The molecule has 1 atom stereocenters. The van der Waals surface area contributed by atoms with Crippen LogP contribution in [0.4, 0.5) is 0 Å². The van der Waals surface area contributed by atoms with Gasteiger partial charge in [-0.1, -0.05) is 6.92 Å². The quantitative estimate of drug-likeness (QED) is 0.692. The first kappa shape index (κ1) is 14.0. The summed E-state index contributed by atoms with van der Waals surface area (Å²) in [5, 5.41) is 0. The van der Waals surface area contributed by atoms with E-state index in [9.17, 15) is 14.4 Å². The van der Waals surface area contributed by atoms with E-state index in [1.54, 1.807) is 9.80 Å². The van der Waals surface area contributed by atoms with Crippen LogP contribution in [0.25, 0.3) is 0 Å². The number of piperazine rings is 1. The van der Waals surface area contributed by atoms with Gasteiger partial charge in [0.05, 0.1) is 0 Å². The molecule has 0 aromatic carbocycles. The van der Waals surface area contributed by atoms with Gasteiger partial charge in [-0.3, -0.25) is 14.4 Å². The van der Waals surface area contributed by atoms with Crippen LogP contribution in [0.15, 0.2) is 0 Å². The first-order valence-corrected chi connectivity index (χ1v) is 7.24. The predicted molar refractivity (Wildman–Crippen MR) is 70.4 cm³/mol. The number of carbonyl (C=O) groups excluding carboxylic acids is 3. The minimum atomic E-state index is -0.398. The third-order valence-electron chi connectivity index (χ3n) is 4.07. The van der Waals surface area contributed by atoms with E-state index in [1.165, 1.54) is 0 Å². The van der Waals surface area contributed by atoms with Crippen molar-refractivity contribution in [3.63, 3.8) is 0 Å². The Labute approximate surface area is 113 Å². The maximum absolute atomic E-state index is 11.9. The molecule has 5 heteroatoms. The van der Waals surface area contributed by atoms with Crippen molar-refractivity contribution in [2.45, 2.75) is 39.0 Å². The Hall–Kier alpha value is -1.39. The van der Waals surface area contributed by atoms with E-state index in [0.717, 1.165) is 19.3 Å². The summed E-state index contributed by atoms with van der Waals surface area (Å²) in [5.74, 6) is -0.351. The number of Topliss-reactive ketones (excluding diaryl/α,β-unsaturated/α-hetero) is 1. The van der Waals surface area contributed by atoms with Crippen molar-refractivity contribution in [3.8, 4) is 0 Å². The fourth-order valence-electron chi connectivity index (χ4n) is 2.92. The molecule has 1 unspecified atom stereocenters. The van der Waals surface area contributed by atoms with Crippen LogP contribution in [0.1, 0.15) is 39.0 Å². The average molecular weight is 266 g/mol. The third-order valence-corrected chi connectivity index (χ3v) is 4.07. The number of hydrogen-bond donors (Lipinski definition) is 0. The van der Waals surface area contributed by atoms with Gasteiger partial charge in [0.1, 0.15) is 5.78 Å². The molecule has 0 N–H and O–H groups in total. The largest absolute Gasteiger partial charge is 0.333 e. The standard InChI is InChI=1S/C14H22N2O3/c1-2-7-15-9-10-16(14(19)13(15)18)8-6-11-4-3-5-12(11)17/h11H,2-10H2,1H3. The van der Waals surface area contributed by atoms with Gasteiger partial charge in [-0.2, -0.15) is 0 Å². The molecular weight excluding hydrogens is 244 g/mol. The molecule has 2 amide bonds. The Balaban J connectivity index is 1.83. The van der Waals surface area contributed by atoms with Gasteiger partial charge >= 0.3 is 11.8 Å². The van der Waals surface area contributed by atoms with Crippen molar-refractivity contribution in [2.24, 2.45) is 5.92 Å². The number of hydrogen-bond acceptors (Lipinski definition) is 3. The molecule has 2 aliphatic rings. The summed E-state index contributed by atoms with van der Waals surface area (Å²) in [6.45, 7) is 4.42. The Morgan fingerprint density at radius 3 is 2.21 bits per heavy atom. The lowest BCUT2D eigenvalue weighted by atomic mass is 10.0.